The molecule has 28 heavy (non-hydrogen) atoms. The molecule has 0 aliphatic carbocycles. The van der Waals surface area contributed by atoms with Crippen LogP contribution in [0.1, 0.15) is 20.7 Å². The van der Waals surface area contributed by atoms with Crippen LogP contribution in [0.3, 0.4) is 0 Å². The predicted molar refractivity (Wildman–Crippen MR) is 101 cm³/mol. The van der Waals surface area contributed by atoms with Crippen LogP contribution in [-0.4, -0.2) is 47.4 Å². The topological polar surface area (TPSA) is 104 Å². The summed E-state index contributed by atoms with van der Waals surface area (Å²) in [7, 11) is 7.31. The molecule has 9 heteroatoms. The Morgan fingerprint density at radius 1 is 0.607 bits per heavy atom. The van der Waals surface area contributed by atoms with Crippen LogP contribution in [0.4, 0.5) is 0 Å². The minimum Gasteiger partial charge on any atom is -0.493 e. The van der Waals surface area contributed by atoms with Crippen molar-refractivity contribution in [2.45, 2.75) is 0 Å². The number of hydrogen-bond acceptors (Lipinski definition) is 7. The molecule has 0 bridgehead atoms. The van der Waals surface area contributed by atoms with Crippen molar-refractivity contribution in [3.05, 3.63) is 41.5 Å². The van der Waals surface area contributed by atoms with Crippen LogP contribution < -0.4 is 34.5 Å². The number of rotatable bonds is 7. The van der Waals surface area contributed by atoms with Gasteiger partial charge in [-0.05, 0) is 30.3 Å². The minimum atomic E-state index is -0.562. The molecule has 2 aromatic carbocycles. The molecule has 0 heterocycles. The number of hydrazine groups is 1. The van der Waals surface area contributed by atoms with Crippen LogP contribution in [0.25, 0.3) is 0 Å². The summed E-state index contributed by atoms with van der Waals surface area (Å²) < 4.78 is 25.9. The van der Waals surface area contributed by atoms with Gasteiger partial charge in [0.1, 0.15) is 0 Å². The molecular weight excluding hydrogens is 368 g/mol. The summed E-state index contributed by atoms with van der Waals surface area (Å²) in [4.78, 5) is 24.7. The second-order valence-corrected chi connectivity index (χ2v) is 5.39. The van der Waals surface area contributed by atoms with Crippen molar-refractivity contribution in [1.29, 1.82) is 0 Å². The maximum absolute atomic E-state index is 12.4. The lowest BCUT2D eigenvalue weighted by Gasteiger charge is -2.14. The largest absolute Gasteiger partial charge is 0.493 e. The Hall–Kier alpha value is -3.62. The minimum absolute atomic E-state index is 0.210. The highest BCUT2D eigenvalue weighted by Gasteiger charge is 2.18. The first-order valence-electron chi connectivity index (χ1n) is 8.11. The van der Waals surface area contributed by atoms with Crippen LogP contribution in [0.2, 0.25) is 0 Å². The molecule has 0 atom stereocenters. The van der Waals surface area contributed by atoms with Gasteiger partial charge in [-0.1, -0.05) is 0 Å². The first-order valence-corrected chi connectivity index (χ1v) is 8.11. The lowest BCUT2D eigenvalue weighted by Crippen LogP contribution is -2.41. The third kappa shape index (κ3) is 4.37. The van der Waals surface area contributed by atoms with E-state index < -0.39 is 11.8 Å². The number of methoxy groups -OCH3 is 5. The zero-order valence-electron chi connectivity index (χ0n) is 16.2. The smallest absolute Gasteiger partial charge is 0.269 e. The highest BCUT2D eigenvalue weighted by Crippen LogP contribution is 2.38. The maximum Gasteiger partial charge on any atom is 0.269 e. The van der Waals surface area contributed by atoms with E-state index in [0.29, 0.717) is 28.7 Å². The van der Waals surface area contributed by atoms with E-state index in [1.807, 2.05) is 0 Å². The standard InChI is InChI=1S/C19H22N2O7/c1-24-13-7-6-11(8-14(13)25-2)18(22)20-21-19(23)12-9-15(26-3)17(28-5)16(10-12)27-4/h6-10H,1-5H3,(H,20,22)(H,21,23). The Balaban J connectivity index is 2.14. The lowest BCUT2D eigenvalue weighted by molar-refractivity contribution is 0.0846. The van der Waals surface area contributed by atoms with Crippen molar-refractivity contribution in [2.24, 2.45) is 0 Å². The van der Waals surface area contributed by atoms with E-state index in [2.05, 4.69) is 10.9 Å². The Kier molecular flexibility index (Phi) is 6.91. The summed E-state index contributed by atoms with van der Waals surface area (Å²) in [5.41, 5.74) is 5.17. The number of nitrogens with one attached hydrogen (secondary N) is 2. The molecule has 0 saturated heterocycles. The fourth-order valence-electron chi connectivity index (χ4n) is 2.45. The fourth-order valence-corrected chi connectivity index (χ4v) is 2.45. The van der Waals surface area contributed by atoms with Gasteiger partial charge in [0.25, 0.3) is 11.8 Å². The monoisotopic (exact) mass is 390 g/mol. The van der Waals surface area contributed by atoms with Gasteiger partial charge >= 0.3 is 0 Å². The Morgan fingerprint density at radius 2 is 1.07 bits per heavy atom. The molecule has 0 aromatic heterocycles. The summed E-state index contributed by atoms with van der Waals surface area (Å²) in [6.07, 6.45) is 0. The molecule has 150 valence electrons. The normalized spacial score (nSPS) is 9.89. The first kappa shape index (κ1) is 20.7. The van der Waals surface area contributed by atoms with Gasteiger partial charge in [0.2, 0.25) is 5.75 Å². The third-order valence-corrected chi connectivity index (χ3v) is 3.86. The molecule has 0 aliphatic heterocycles. The fraction of sp³-hybridized carbons (Fsp3) is 0.263. The maximum atomic E-state index is 12.4. The molecule has 0 saturated carbocycles. The van der Waals surface area contributed by atoms with Crippen molar-refractivity contribution >= 4 is 11.8 Å². The van der Waals surface area contributed by atoms with Crippen LogP contribution in [0.15, 0.2) is 30.3 Å². The first-order chi connectivity index (χ1) is 13.5. The van der Waals surface area contributed by atoms with E-state index in [4.69, 9.17) is 23.7 Å². The van der Waals surface area contributed by atoms with Gasteiger partial charge in [-0.2, -0.15) is 0 Å². The molecule has 9 nitrogen and oxygen atoms in total. The number of hydrogen-bond donors (Lipinski definition) is 2. The average molecular weight is 390 g/mol. The van der Waals surface area contributed by atoms with E-state index in [1.54, 1.807) is 12.1 Å². The second-order valence-electron chi connectivity index (χ2n) is 5.39. The summed E-state index contributed by atoms with van der Waals surface area (Å²) in [6, 6.07) is 7.58. The summed E-state index contributed by atoms with van der Waals surface area (Å²) in [6.45, 7) is 0. The Labute approximate surface area is 162 Å². The van der Waals surface area contributed by atoms with Crippen LogP contribution in [0.5, 0.6) is 28.7 Å². The third-order valence-electron chi connectivity index (χ3n) is 3.86. The van der Waals surface area contributed by atoms with Gasteiger partial charge in [-0.3, -0.25) is 20.4 Å². The number of ether oxygens (including phenoxy) is 5. The van der Waals surface area contributed by atoms with Gasteiger partial charge in [-0.25, -0.2) is 0 Å². The molecule has 0 unspecified atom stereocenters. The molecule has 0 spiro atoms. The second kappa shape index (κ2) is 9.36. The van der Waals surface area contributed by atoms with Crippen LogP contribution in [0, 0.1) is 0 Å². The van der Waals surface area contributed by atoms with E-state index in [-0.39, 0.29) is 11.1 Å². The molecule has 2 aromatic rings. The molecule has 2 amide bonds. The van der Waals surface area contributed by atoms with Gasteiger partial charge in [0, 0.05) is 11.1 Å². The predicted octanol–water partition coefficient (Wildman–Crippen LogP) is 1.80. The van der Waals surface area contributed by atoms with Crippen molar-refractivity contribution in [3.8, 4) is 28.7 Å². The van der Waals surface area contributed by atoms with Gasteiger partial charge in [0.15, 0.2) is 23.0 Å². The number of benzene rings is 2. The Morgan fingerprint density at radius 3 is 1.54 bits per heavy atom. The number of amides is 2. The van der Waals surface area contributed by atoms with Gasteiger partial charge in [-0.15, -0.1) is 0 Å². The molecule has 0 aliphatic rings. The van der Waals surface area contributed by atoms with Crippen molar-refractivity contribution in [3.63, 3.8) is 0 Å². The van der Waals surface area contributed by atoms with E-state index in [1.165, 1.54) is 53.7 Å². The van der Waals surface area contributed by atoms with Crippen molar-refractivity contribution in [2.75, 3.05) is 35.5 Å². The lowest BCUT2D eigenvalue weighted by atomic mass is 10.1. The van der Waals surface area contributed by atoms with Crippen LogP contribution in [-0.2, 0) is 0 Å². The van der Waals surface area contributed by atoms with E-state index in [0.717, 1.165) is 0 Å². The Bertz CT molecular complexity index is 842. The van der Waals surface area contributed by atoms with Crippen molar-refractivity contribution in [1.82, 2.24) is 10.9 Å². The zero-order chi connectivity index (χ0) is 20.7. The number of carbonyl (C=O) groups excluding carboxylic acids is 2. The van der Waals surface area contributed by atoms with E-state index in [9.17, 15) is 9.59 Å². The van der Waals surface area contributed by atoms with Crippen molar-refractivity contribution < 1.29 is 33.3 Å². The summed E-state index contributed by atoms with van der Waals surface area (Å²) in [5, 5.41) is 0. The summed E-state index contributed by atoms with van der Waals surface area (Å²) in [5.74, 6) is 0.786. The van der Waals surface area contributed by atoms with Gasteiger partial charge < -0.3 is 23.7 Å². The van der Waals surface area contributed by atoms with Crippen LogP contribution >= 0.6 is 0 Å². The molecule has 0 radical (unpaired) electrons. The van der Waals surface area contributed by atoms with Gasteiger partial charge in [0.05, 0.1) is 35.5 Å². The molecule has 2 N–H and O–H groups in total. The SMILES string of the molecule is COc1ccc(C(=O)NNC(=O)c2cc(OC)c(OC)c(OC)c2)cc1OC. The summed E-state index contributed by atoms with van der Waals surface area (Å²) >= 11 is 0. The quantitative estimate of drug-likeness (QED) is 0.695. The molecular formula is C19H22N2O7. The highest BCUT2D eigenvalue weighted by atomic mass is 16.5. The zero-order valence-corrected chi connectivity index (χ0v) is 16.2. The molecule has 2 rings (SSSR count). The highest BCUT2D eigenvalue weighted by molar-refractivity contribution is 6.00. The van der Waals surface area contributed by atoms with E-state index >= 15 is 0 Å². The average Bonchev–Trinajstić information content (AvgIpc) is 2.75. The molecule has 0 fully saturated rings. The number of carbonyl (C=O) groups is 2.